The van der Waals surface area contributed by atoms with Crippen LogP contribution in [-0.2, 0) is 23.4 Å². The molecule has 0 unspecified atom stereocenters. The van der Waals surface area contributed by atoms with E-state index in [4.69, 9.17) is 11.6 Å². The van der Waals surface area contributed by atoms with Crippen molar-refractivity contribution in [3.8, 4) is 0 Å². The van der Waals surface area contributed by atoms with Crippen LogP contribution in [0, 0.1) is 0 Å². The first-order valence-corrected chi connectivity index (χ1v) is 7.83. The average Bonchev–Trinajstić information content (AvgIpc) is 2.72. The van der Waals surface area contributed by atoms with Gasteiger partial charge in [0.25, 0.3) is 0 Å². The largest absolute Gasteiger partial charge is 0.378 e. The minimum Gasteiger partial charge on any atom is -0.378 e. The fourth-order valence-electron chi connectivity index (χ4n) is 1.61. The minimum absolute atomic E-state index is 0.240. The van der Waals surface area contributed by atoms with Crippen molar-refractivity contribution in [2.45, 2.75) is 11.4 Å². The molecule has 1 heterocycles. The maximum atomic E-state index is 11.5. The number of imidazole rings is 1. The summed E-state index contributed by atoms with van der Waals surface area (Å²) in [5.74, 6) is 0. The lowest BCUT2D eigenvalue weighted by Gasteiger charge is -2.10. The molecule has 0 radical (unpaired) electrons. The van der Waals surface area contributed by atoms with E-state index in [0.29, 0.717) is 17.3 Å². The summed E-state index contributed by atoms with van der Waals surface area (Å²) in [5, 5.41) is 3.59. The zero-order valence-corrected chi connectivity index (χ0v) is 12.2. The van der Waals surface area contributed by atoms with Crippen LogP contribution >= 0.6 is 11.6 Å². The number of rotatable bonds is 4. The molecule has 7 heteroatoms. The molecule has 0 saturated carbocycles. The quantitative estimate of drug-likeness (QED) is 0.939. The third-order valence-electron chi connectivity index (χ3n) is 2.74. The van der Waals surface area contributed by atoms with Gasteiger partial charge in [0.15, 0.2) is 9.84 Å². The van der Waals surface area contributed by atoms with Crippen LogP contribution in [0.4, 0.5) is 5.69 Å². The number of sulfone groups is 1. The van der Waals surface area contributed by atoms with Crippen LogP contribution in [0.1, 0.15) is 5.69 Å². The molecule has 0 aliphatic carbocycles. The summed E-state index contributed by atoms with van der Waals surface area (Å²) in [6.45, 7) is 0.517. The van der Waals surface area contributed by atoms with Gasteiger partial charge >= 0.3 is 0 Å². The Kier molecular flexibility index (Phi) is 3.82. The molecule has 0 aliphatic heterocycles. The second kappa shape index (κ2) is 5.22. The molecule has 2 aromatic rings. The van der Waals surface area contributed by atoms with Gasteiger partial charge in [-0.1, -0.05) is 11.6 Å². The second-order valence-electron chi connectivity index (χ2n) is 4.26. The van der Waals surface area contributed by atoms with E-state index < -0.39 is 9.84 Å². The maximum absolute atomic E-state index is 11.5. The standard InChI is InChI=1S/C12H14ClN3O2S/c1-16-8-14-6-9(16)7-15-12-5-10(19(2,17)18)3-4-11(12)13/h3-6,8,15H,7H2,1-2H3. The van der Waals surface area contributed by atoms with Crippen LogP contribution in [0.3, 0.4) is 0 Å². The Labute approximate surface area is 117 Å². The SMILES string of the molecule is Cn1cncc1CNc1cc(S(C)(=O)=O)ccc1Cl. The number of nitrogens with one attached hydrogen (secondary N) is 1. The Bertz CT molecular complexity index is 695. The molecule has 19 heavy (non-hydrogen) atoms. The lowest BCUT2D eigenvalue weighted by Crippen LogP contribution is -2.05. The normalized spacial score (nSPS) is 11.5. The van der Waals surface area contributed by atoms with Crippen molar-refractivity contribution in [1.29, 1.82) is 0 Å². The van der Waals surface area contributed by atoms with Gasteiger partial charge in [0, 0.05) is 19.5 Å². The van der Waals surface area contributed by atoms with E-state index in [0.717, 1.165) is 5.69 Å². The van der Waals surface area contributed by atoms with Gasteiger partial charge < -0.3 is 9.88 Å². The van der Waals surface area contributed by atoms with E-state index in [1.54, 1.807) is 18.6 Å². The molecule has 102 valence electrons. The first kappa shape index (κ1) is 13.9. The zero-order chi connectivity index (χ0) is 14.0. The molecule has 1 aromatic carbocycles. The smallest absolute Gasteiger partial charge is 0.175 e. The van der Waals surface area contributed by atoms with Gasteiger partial charge in [-0.05, 0) is 18.2 Å². The van der Waals surface area contributed by atoms with E-state index in [-0.39, 0.29) is 4.90 Å². The predicted octanol–water partition coefficient (Wildman–Crippen LogP) is 2.09. The molecule has 0 fully saturated rings. The van der Waals surface area contributed by atoms with Gasteiger partial charge in [0.1, 0.15) is 0 Å². The molecule has 2 rings (SSSR count). The van der Waals surface area contributed by atoms with Gasteiger partial charge in [0.2, 0.25) is 0 Å². The van der Waals surface area contributed by atoms with Crippen LogP contribution in [-0.4, -0.2) is 24.2 Å². The molecule has 0 bridgehead atoms. The number of benzene rings is 1. The van der Waals surface area contributed by atoms with E-state index in [1.807, 2.05) is 11.6 Å². The van der Waals surface area contributed by atoms with Crippen molar-refractivity contribution >= 4 is 27.1 Å². The summed E-state index contributed by atoms with van der Waals surface area (Å²) in [7, 11) is -1.35. The third-order valence-corrected chi connectivity index (χ3v) is 4.18. The highest BCUT2D eigenvalue weighted by Crippen LogP contribution is 2.25. The van der Waals surface area contributed by atoms with Crippen LogP contribution in [0.25, 0.3) is 0 Å². The first-order chi connectivity index (χ1) is 8.88. The number of nitrogens with zero attached hydrogens (tertiary/aromatic N) is 2. The first-order valence-electron chi connectivity index (χ1n) is 5.56. The van der Waals surface area contributed by atoms with Crippen molar-refractivity contribution < 1.29 is 8.42 Å². The predicted molar refractivity (Wildman–Crippen MR) is 75.1 cm³/mol. The molecule has 0 atom stereocenters. The van der Waals surface area contributed by atoms with Gasteiger partial charge in [-0.2, -0.15) is 0 Å². The summed E-state index contributed by atoms with van der Waals surface area (Å²) in [6, 6.07) is 4.60. The minimum atomic E-state index is -3.24. The molecule has 0 saturated heterocycles. The highest BCUT2D eigenvalue weighted by molar-refractivity contribution is 7.90. The molecular formula is C12H14ClN3O2S. The van der Waals surface area contributed by atoms with Crippen LogP contribution in [0.2, 0.25) is 5.02 Å². The summed E-state index contributed by atoms with van der Waals surface area (Å²) in [6.07, 6.45) is 4.61. The highest BCUT2D eigenvalue weighted by atomic mass is 35.5. The fraction of sp³-hybridized carbons (Fsp3) is 0.250. The van der Waals surface area contributed by atoms with E-state index in [1.165, 1.54) is 18.4 Å². The van der Waals surface area contributed by atoms with Gasteiger partial charge in [-0.15, -0.1) is 0 Å². The summed E-state index contributed by atoms with van der Waals surface area (Å²) in [5.41, 5.74) is 1.56. The molecular weight excluding hydrogens is 286 g/mol. The summed E-state index contributed by atoms with van der Waals surface area (Å²) in [4.78, 5) is 4.25. The van der Waals surface area contributed by atoms with Gasteiger partial charge in [-0.3, -0.25) is 0 Å². The maximum Gasteiger partial charge on any atom is 0.175 e. The van der Waals surface area contributed by atoms with Crippen molar-refractivity contribution in [1.82, 2.24) is 9.55 Å². The molecule has 0 aliphatic rings. The van der Waals surface area contributed by atoms with Crippen LogP contribution in [0.5, 0.6) is 0 Å². The number of aromatic nitrogens is 2. The number of hydrogen-bond donors (Lipinski definition) is 1. The molecule has 1 aromatic heterocycles. The summed E-state index contributed by atoms with van der Waals surface area (Å²) < 4.78 is 24.9. The third kappa shape index (κ3) is 3.27. The van der Waals surface area contributed by atoms with Crippen LogP contribution in [0.15, 0.2) is 35.6 Å². The van der Waals surface area contributed by atoms with E-state index in [9.17, 15) is 8.42 Å². The average molecular weight is 300 g/mol. The Balaban J connectivity index is 2.23. The van der Waals surface area contributed by atoms with Crippen molar-refractivity contribution in [2.75, 3.05) is 11.6 Å². The molecule has 5 nitrogen and oxygen atoms in total. The Morgan fingerprint density at radius 3 is 2.74 bits per heavy atom. The zero-order valence-electron chi connectivity index (χ0n) is 10.6. The molecule has 0 amide bonds. The van der Waals surface area contributed by atoms with Crippen LogP contribution < -0.4 is 5.32 Å². The Morgan fingerprint density at radius 1 is 1.42 bits per heavy atom. The fourth-order valence-corrected chi connectivity index (χ4v) is 2.44. The van der Waals surface area contributed by atoms with E-state index >= 15 is 0 Å². The number of hydrogen-bond acceptors (Lipinski definition) is 4. The van der Waals surface area contributed by atoms with E-state index in [2.05, 4.69) is 10.3 Å². The van der Waals surface area contributed by atoms with Gasteiger partial charge in [-0.25, -0.2) is 13.4 Å². The Hall–Kier alpha value is -1.53. The van der Waals surface area contributed by atoms with Crippen molar-refractivity contribution in [3.05, 3.63) is 41.4 Å². The topological polar surface area (TPSA) is 64.0 Å². The second-order valence-corrected chi connectivity index (χ2v) is 6.69. The molecule has 0 spiro atoms. The Morgan fingerprint density at radius 2 is 2.16 bits per heavy atom. The lowest BCUT2D eigenvalue weighted by molar-refractivity contribution is 0.602. The molecule has 1 N–H and O–H groups in total. The summed E-state index contributed by atoms with van der Waals surface area (Å²) >= 11 is 6.05. The van der Waals surface area contributed by atoms with Crippen molar-refractivity contribution in [2.24, 2.45) is 7.05 Å². The number of halogens is 1. The highest BCUT2D eigenvalue weighted by Gasteiger charge is 2.10. The number of anilines is 1. The number of aryl methyl sites for hydroxylation is 1. The van der Waals surface area contributed by atoms with Crippen molar-refractivity contribution in [3.63, 3.8) is 0 Å². The monoisotopic (exact) mass is 299 g/mol. The van der Waals surface area contributed by atoms with Gasteiger partial charge in [0.05, 0.1) is 34.2 Å². The lowest BCUT2D eigenvalue weighted by atomic mass is 10.3.